The standard InChI is InChI=1S/C13H16BrN3O3S/c1-9(10-4-5-13(20-3)12(14)6-10)16-21(18,19)11-7-15-17(2)8-11/h4-9,16H,1-3H3/t9-/m1/s1. The number of aromatic nitrogens is 2. The van der Waals surface area contributed by atoms with Crippen molar-refractivity contribution in [3.05, 3.63) is 40.6 Å². The van der Waals surface area contributed by atoms with Crippen LogP contribution in [0.15, 0.2) is 40.0 Å². The zero-order valence-electron chi connectivity index (χ0n) is 11.9. The van der Waals surface area contributed by atoms with Crippen molar-refractivity contribution < 1.29 is 13.2 Å². The van der Waals surface area contributed by atoms with Gasteiger partial charge in [0.25, 0.3) is 0 Å². The van der Waals surface area contributed by atoms with Crippen molar-refractivity contribution in [1.82, 2.24) is 14.5 Å². The summed E-state index contributed by atoms with van der Waals surface area (Å²) in [5, 5.41) is 3.87. The molecule has 2 aromatic rings. The molecular formula is C13H16BrN3O3S. The molecule has 0 saturated heterocycles. The Bertz CT molecular complexity index is 743. The van der Waals surface area contributed by atoms with Crippen molar-refractivity contribution in [2.75, 3.05) is 7.11 Å². The van der Waals surface area contributed by atoms with Crippen LogP contribution in [0, 0.1) is 0 Å². The summed E-state index contributed by atoms with van der Waals surface area (Å²) in [4.78, 5) is 0.143. The monoisotopic (exact) mass is 373 g/mol. The SMILES string of the molecule is COc1ccc([C@@H](C)NS(=O)(=O)c2cnn(C)c2)cc1Br. The van der Waals surface area contributed by atoms with Crippen molar-refractivity contribution in [2.24, 2.45) is 7.05 Å². The van der Waals surface area contributed by atoms with E-state index in [2.05, 4.69) is 25.8 Å². The average Bonchev–Trinajstić information content (AvgIpc) is 2.85. The highest BCUT2D eigenvalue weighted by Crippen LogP contribution is 2.28. The largest absolute Gasteiger partial charge is 0.496 e. The third-order valence-electron chi connectivity index (χ3n) is 3.00. The van der Waals surface area contributed by atoms with E-state index in [1.165, 1.54) is 17.1 Å². The van der Waals surface area contributed by atoms with Gasteiger partial charge in [0.05, 0.1) is 17.8 Å². The van der Waals surface area contributed by atoms with E-state index in [0.717, 1.165) is 10.0 Å². The third kappa shape index (κ3) is 3.63. The van der Waals surface area contributed by atoms with Crippen LogP contribution in [0.5, 0.6) is 5.75 Å². The van der Waals surface area contributed by atoms with Crippen LogP contribution in [0.3, 0.4) is 0 Å². The van der Waals surface area contributed by atoms with Crippen molar-refractivity contribution in [2.45, 2.75) is 17.9 Å². The fraction of sp³-hybridized carbons (Fsp3) is 0.308. The number of nitrogens with one attached hydrogen (secondary N) is 1. The molecule has 0 unspecified atom stereocenters. The Morgan fingerprint density at radius 2 is 2.14 bits per heavy atom. The Kier molecular flexibility index (Phi) is 4.70. The maximum Gasteiger partial charge on any atom is 0.244 e. The summed E-state index contributed by atoms with van der Waals surface area (Å²) in [6.45, 7) is 1.78. The minimum atomic E-state index is -3.60. The minimum absolute atomic E-state index is 0.143. The lowest BCUT2D eigenvalue weighted by Gasteiger charge is -2.15. The second kappa shape index (κ2) is 6.17. The Morgan fingerprint density at radius 1 is 1.43 bits per heavy atom. The van der Waals surface area contributed by atoms with Gasteiger partial charge in [0.15, 0.2) is 0 Å². The zero-order chi connectivity index (χ0) is 15.6. The van der Waals surface area contributed by atoms with Crippen molar-refractivity contribution >= 4 is 26.0 Å². The summed E-state index contributed by atoms with van der Waals surface area (Å²) in [5.74, 6) is 0.695. The van der Waals surface area contributed by atoms with E-state index in [1.54, 1.807) is 27.1 Å². The molecule has 0 aliphatic rings. The van der Waals surface area contributed by atoms with Gasteiger partial charge in [0.2, 0.25) is 10.0 Å². The normalized spacial score (nSPS) is 13.1. The van der Waals surface area contributed by atoms with E-state index in [1.807, 2.05) is 12.1 Å². The Balaban J connectivity index is 2.21. The summed E-state index contributed by atoms with van der Waals surface area (Å²) < 4.78 is 34.5. The lowest BCUT2D eigenvalue weighted by atomic mass is 10.1. The molecule has 21 heavy (non-hydrogen) atoms. The molecule has 1 N–H and O–H groups in total. The molecule has 1 aromatic carbocycles. The molecule has 0 aliphatic carbocycles. The number of aryl methyl sites for hydroxylation is 1. The topological polar surface area (TPSA) is 73.2 Å². The molecule has 1 aromatic heterocycles. The molecule has 0 radical (unpaired) electrons. The number of benzene rings is 1. The highest BCUT2D eigenvalue weighted by Gasteiger charge is 2.20. The first-order valence-electron chi connectivity index (χ1n) is 6.18. The number of rotatable bonds is 5. The molecule has 0 aliphatic heterocycles. The number of methoxy groups -OCH3 is 1. The van der Waals surface area contributed by atoms with Crippen LogP contribution < -0.4 is 9.46 Å². The molecule has 0 amide bonds. The summed E-state index contributed by atoms with van der Waals surface area (Å²) in [5.41, 5.74) is 0.829. The molecule has 0 saturated carbocycles. The number of hydrogen-bond donors (Lipinski definition) is 1. The van der Waals surface area contributed by atoms with Crippen LogP contribution in [-0.4, -0.2) is 25.3 Å². The van der Waals surface area contributed by atoms with Gasteiger partial charge in [-0.2, -0.15) is 5.10 Å². The van der Waals surface area contributed by atoms with Crippen molar-refractivity contribution in [1.29, 1.82) is 0 Å². The minimum Gasteiger partial charge on any atom is -0.496 e. The Morgan fingerprint density at radius 3 is 2.67 bits per heavy atom. The maximum absolute atomic E-state index is 12.2. The fourth-order valence-electron chi connectivity index (χ4n) is 1.86. The molecule has 114 valence electrons. The summed E-state index contributed by atoms with van der Waals surface area (Å²) in [6, 6.07) is 5.06. The van der Waals surface area contributed by atoms with Gasteiger partial charge in [-0.1, -0.05) is 6.07 Å². The molecular weight excluding hydrogens is 358 g/mol. The van der Waals surface area contributed by atoms with E-state index in [9.17, 15) is 8.42 Å². The molecule has 0 bridgehead atoms. The number of ether oxygens (including phenoxy) is 1. The molecule has 1 atom stereocenters. The van der Waals surface area contributed by atoms with E-state index < -0.39 is 10.0 Å². The van der Waals surface area contributed by atoms with E-state index in [0.29, 0.717) is 5.75 Å². The predicted molar refractivity (Wildman–Crippen MR) is 82.6 cm³/mol. The molecule has 0 spiro atoms. The van der Waals surface area contributed by atoms with Gasteiger partial charge in [0.1, 0.15) is 10.6 Å². The van der Waals surface area contributed by atoms with E-state index >= 15 is 0 Å². The van der Waals surface area contributed by atoms with Crippen molar-refractivity contribution in [3.8, 4) is 5.75 Å². The second-order valence-electron chi connectivity index (χ2n) is 4.59. The number of sulfonamides is 1. The average molecular weight is 374 g/mol. The Labute approximate surface area is 132 Å². The zero-order valence-corrected chi connectivity index (χ0v) is 14.3. The number of halogens is 1. The predicted octanol–water partition coefficient (Wildman–Crippen LogP) is 2.23. The molecule has 8 heteroatoms. The summed E-state index contributed by atoms with van der Waals surface area (Å²) in [7, 11) is -0.348. The summed E-state index contributed by atoms with van der Waals surface area (Å²) >= 11 is 3.39. The van der Waals surface area contributed by atoms with Gasteiger partial charge in [-0.25, -0.2) is 13.1 Å². The molecule has 2 rings (SSSR count). The number of hydrogen-bond acceptors (Lipinski definition) is 4. The van der Waals surface area contributed by atoms with Crippen LogP contribution in [0.4, 0.5) is 0 Å². The maximum atomic E-state index is 12.2. The van der Waals surface area contributed by atoms with Gasteiger partial charge >= 0.3 is 0 Å². The molecule has 1 heterocycles. The molecule has 6 nitrogen and oxygen atoms in total. The Hall–Kier alpha value is -1.38. The first-order chi connectivity index (χ1) is 9.83. The first-order valence-corrected chi connectivity index (χ1v) is 8.45. The highest BCUT2D eigenvalue weighted by molar-refractivity contribution is 9.10. The van der Waals surface area contributed by atoms with Crippen LogP contribution in [-0.2, 0) is 17.1 Å². The van der Waals surface area contributed by atoms with Crippen LogP contribution in [0.25, 0.3) is 0 Å². The summed E-state index contributed by atoms with van der Waals surface area (Å²) in [6.07, 6.45) is 2.78. The first kappa shape index (κ1) is 16.0. The van der Waals surface area contributed by atoms with Gasteiger partial charge in [-0.15, -0.1) is 0 Å². The van der Waals surface area contributed by atoms with Gasteiger partial charge < -0.3 is 4.74 Å². The number of nitrogens with zero attached hydrogens (tertiary/aromatic N) is 2. The highest BCUT2D eigenvalue weighted by atomic mass is 79.9. The van der Waals surface area contributed by atoms with Crippen LogP contribution in [0.1, 0.15) is 18.5 Å². The van der Waals surface area contributed by atoms with E-state index in [-0.39, 0.29) is 10.9 Å². The second-order valence-corrected chi connectivity index (χ2v) is 7.15. The van der Waals surface area contributed by atoms with E-state index in [4.69, 9.17) is 4.74 Å². The molecule has 0 fully saturated rings. The van der Waals surface area contributed by atoms with Gasteiger partial charge in [-0.3, -0.25) is 4.68 Å². The van der Waals surface area contributed by atoms with Crippen molar-refractivity contribution in [3.63, 3.8) is 0 Å². The van der Waals surface area contributed by atoms with Crippen LogP contribution in [0.2, 0.25) is 0 Å². The fourth-order valence-corrected chi connectivity index (χ4v) is 3.63. The van der Waals surface area contributed by atoms with Crippen LogP contribution >= 0.6 is 15.9 Å². The third-order valence-corrected chi connectivity index (χ3v) is 5.11. The lowest BCUT2D eigenvalue weighted by Crippen LogP contribution is -2.26. The van der Waals surface area contributed by atoms with Gasteiger partial charge in [-0.05, 0) is 40.5 Å². The quantitative estimate of drug-likeness (QED) is 0.871. The smallest absolute Gasteiger partial charge is 0.244 e. The lowest BCUT2D eigenvalue weighted by molar-refractivity contribution is 0.412. The van der Waals surface area contributed by atoms with Gasteiger partial charge in [0, 0.05) is 19.3 Å².